The number of hydrogen-bond donors (Lipinski definition) is 0. The van der Waals surface area contributed by atoms with E-state index in [1.807, 2.05) is 0 Å². The molecule has 0 bridgehead atoms. The fourth-order valence-corrected chi connectivity index (χ4v) is 1.30. The predicted octanol–water partition coefficient (Wildman–Crippen LogP) is 1.28. The van der Waals surface area contributed by atoms with Crippen molar-refractivity contribution >= 4 is 5.97 Å². The Morgan fingerprint density at radius 3 is 2.25 bits per heavy atom. The normalized spacial score (nSPS) is 12.3. The van der Waals surface area contributed by atoms with E-state index in [9.17, 15) is 25.0 Å². The first-order valence-electron chi connectivity index (χ1n) is 5.90. The Morgan fingerprint density at radius 2 is 1.80 bits per heavy atom. The molecule has 1 atom stereocenters. The summed E-state index contributed by atoms with van der Waals surface area (Å²) >= 11 is 0. The number of hydrogen-bond acceptors (Lipinski definition) is 8. The van der Waals surface area contributed by atoms with E-state index in [-0.39, 0.29) is 19.3 Å². The third kappa shape index (κ3) is 11.0. The van der Waals surface area contributed by atoms with Gasteiger partial charge < -0.3 is 14.4 Å². The molecule has 0 fully saturated rings. The molecule has 116 valence electrons. The summed E-state index contributed by atoms with van der Waals surface area (Å²) in [6.07, 6.45) is -0.770. The van der Waals surface area contributed by atoms with E-state index in [1.54, 1.807) is 20.8 Å². The Kier molecular flexibility index (Phi) is 7.26. The lowest BCUT2D eigenvalue weighted by Gasteiger charge is -2.19. The fourth-order valence-electron chi connectivity index (χ4n) is 1.30. The van der Waals surface area contributed by atoms with Gasteiger partial charge in [-0.25, -0.2) is 0 Å². The highest BCUT2D eigenvalue weighted by Gasteiger charge is 2.19. The first-order valence-corrected chi connectivity index (χ1v) is 5.90. The zero-order valence-electron chi connectivity index (χ0n) is 11.6. The van der Waals surface area contributed by atoms with Crippen LogP contribution in [0.25, 0.3) is 0 Å². The maximum Gasteiger partial charge on any atom is 0.306 e. The number of rotatable bonds is 9. The highest BCUT2D eigenvalue weighted by atomic mass is 17.0. The molecule has 0 aromatic carbocycles. The van der Waals surface area contributed by atoms with Gasteiger partial charge in [-0.05, 0) is 33.6 Å². The monoisotopic (exact) mass is 294 g/mol. The summed E-state index contributed by atoms with van der Waals surface area (Å²) in [7, 11) is 0. The van der Waals surface area contributed by atoms with Crippen LogP contribution in [0, 0.1) is 20.2 Å². The van der Waals surface area contributed by atoms with Crippen LogP contribution in [0.2, 0.25) is 0 Å². The van der Waals surface area contributed by atoms with Gasteiger partial charge in [-0.15, -0.1) is 20.2 Å². The summed E-state index contributed by atoms with van der Waals surface area (Å²) in [4.78, 5) is 39.9. The van der Waals surface area contributed by atoms with Crippen LogP contribution in [-0.4, -0.2) is 34.5 Å². The first-order chi connectivity index (χ1) is 9.10. The minimum absolute atomic E-state index is 0.0350. The van der Waals surface area contributed by atoms with Gasteiger partial charge in [-0.3, -0.25) is 4.79 Å². The molecular weight excluding hydrogens is 276 g/mol. The molecule has 0 saturated heterocycles. The van der Waals surface area contributed by atoms with Crippen molar-refractivity contribution in [3.63, 3.8) is 0 Å². The van der Waals surface area contributed by atoms with Crippen LogP contribution < -0.4 is 0 Å². The molecule has 0 aliphatic rings. The summed E-state index contributed by atoms with van der Waals surface area (Å²) in [5, 5.41) is 18.1. The maximum atomic E-state index is 11.4. The molecule has 20 heavy (non-hydrogen) atoms. The lowest BCUT2D eigenvalue weighted by atomic mass is 10.1. The quantitative estimate of drug-likeness (QED) is 0.353. The van der Waals surface area contributed by atoms with Crippen LogP contribution in [0.15, 0.2) is 0 Å². The number of carbonyl (C=O) groups excluding carboxylic acids is 1. The highest BCUT2D eigenvalue weighted by molar-refractivity contribution is 5.69. The van der Waals surface area contributed by atoms with Crippen molar-refractivity contribution in [2.24, 2.45) is 0 Å². The Labute approximate surface area is 115 Å². The molecule has 0 unspecified atom stereocenters. The van der Waals surface area contributed by atoms with Crippen LogP contribution in [-0.2, 0) is 19.2 Å². The summed E-state index contributed by atoms with van der Waals surface area (Å²) in [6, 6.07) is 0. The van der Waals surface area contributed by atoms with Crippen LogP contribution in [0.3, 0.4) is 0 Å². The molecule has 0 spiro atoms. The van der Waals surface area contributed by atoms with Gasteiger partial charge in [0.25, 0.3) is 10.2 Å². The van der Waals surface area contributed by atoms with Crippen molar-refractivity contribution < 1.29 is 29.4 Å². The second kappa shape index (κ2) is 8.12. The molecule has 0 aromatic heterocycles. The third-order valence-corrected chi connectivity index (χ3v) is 1.93. The highest BCUT2D eigenvalue weighted by Crippen LogP contribution is 2.12. The Balaban J connectivity index is 4.09. The fraction of sp³-hybridized carbons (Fsp3) is 0.900. The minimum Gasteiger partial charge on any atom is -0.460 e. The second-order valence-corrected chi connectivity index (χ2v) is 4.95. The van der Waals surface area contributed by atoms with Crippen molar-refractivity contribution in [1.82, 2.24) is 0 Å². The molecule has 0 amide bonds. The van der Waals surface area contributed by atoms with E-state index in [4.69, 9.17) is 4.74 Å². The van der Waals surface area contributed by atoms with Gasteiger partial charge in [-0.2, -0.15) is 0 Å². The SMILES string of the molecule is CC(C)(C)OC(=O)CCC[C@H](CO[N+](=O)[O-])O[N+](=O)[O-]. The molecule has 10 nitrogen and oxygen atoms in total. The van der Waals surface area contributed by atoms with Gasteiger partial charge >= 0.3 is 5.97 Å². The van der Waals surface area contributed by atoms with E-state index < -0.39 is 34.5 Å². The molecule has 10 heteroatoms. The lowest BCUT2D eigenvalue weighted by Crippen LogP contribution is -2.26. The van der Waals surface area contributed by atoms with E-state index in [1.165, 1.54) is 0 Å². The molecule has 0 heterocycles. The standard InChI is InChI=1S/C10H18N2O8/c1-10(2,3)19-9(13)6-4-5-8(20-12(16)17)7-18-11(14)15/h8H,4-7H2,1-3H3/t8-/m1/s1. The van der Waals surface area contributed by atoms with Crippen LogP contribution in [0.1, 0.15) is 40.0 Å². The third-order valence-electron chi connectivity index (χ3n) is 1.93. The van der Waals surface area contributed by atoms with Gasteiger partial charge in [-0.1, -0.05) is 0 Å². The maximum absolute atomic E-state index is 11.4. The smallest absolute Gasteiger partial charge is 0.306 e. The summed E-state index contributed by atoms with van der Waals surface area (Å²) in [5.74, 6) is -0.451. The zero-order chi connectivity index (χ0) is 15.8. The topological polar surface area (TPSA) is 131 Å². The van der Waals surface area contributed by atoms with E-state index >= 15 is 0 Å². The van der Waals surface area contributed by atoms with Gasteiger partial charge in [0, 0.05) is 6.42 Å². The van der Waals surface area contributed by atoms with Crippen LogP contribution in [0.5, 0.6) is 0 Å². The average molecular weight is 294 g/mol. The molecule has 0 aromatic rings. The van der Waals surface area contributed by atoms with Crippen molar-refractivity contribution in [1.29, 1.82) is 0 Å². The lowest BCUT2D eigenvalue weighted by molar-refractivity contribution is -0.790. The first kappa shape index (κ1) is 17.9. The summed E-state index contributed by atoms with van der Waals surface area (Å²) < 4.78 is 5.05. The predicted molar refractivity (Wildman–Crippen MR) is 64.5 cm³/mol. The Morgan fingerprint density at radius 1 is 1.20 bits per heavy atom. The Bertz CT molecular complexity index is 352. The summed E-state index contributed by atoms with van der Waals surface area (Å²) in [6.45, 7) is 4.58. The average Bonchev–Trinajstić information content (AvgIpc) is 2.22. The number of carbonyl (C=O) groups is 1. The number of nitrogens with zero attached hydrogens (tertiary/aromatic N) is 2. The number of ether oxygens (including phenoxy) is 1. The van der Waals surface area contributed by atoms with Gasteiger partial charge in [0.1, 0.15) is 18.3 Å². The van der Waals surface area contributed by atoms with E-state index in [0.29, 0.717) is 0 Å². The van der Waals surface area contributed by atoms with E-state index in [0.717, 1.165) is 0 Å². The van der Waals surface area contributed by atoms with E-state index in [2.05, 4.69) is 9.68 Å². The minimum atomic E-state index is -1.10. The van der Waals surface area contributed by atoms with Gasteiger partial charge in [0.2, 0.25) is 0 Å². The zero-order valence-corrected chi connectivity index (χ0v) is 11.6. The molecule has 0 aliphatic carbocycles. The Hall–Kier alpha value is -2.13. The second-order valence-electron chi connectivity index (χ2n) is 4.95. The van der Waals surface area contributed by atoms with Crippen LogP contribution >= 0.6 is 0 Å². The summed E-state index contributed by atoms with van der Waals surface area (Å²) in [5.41, 5.74) is -0.609. The number of esters is 1. The molecule has 0 rings (SSSR count). The molecular formula is C10H18N2O8. The van der Waals surface area contributed by atoms with Gasteiger partial charge in [0.05, 0.1) is 0 Å². The van der Waals surface area contributed by atoms with Crippen LogP contribution in [0.4, 0.5) is 0 Å². The molecule has 0 aliphatic heterocycles. The van der Waals surface area contributed by atoms with Gasteiger partial charge in [0.15, 0.2) is 0 Å². The largest absolute Gasteiger partial charge is 0.460 e. The molecule has 0 N–H and O–H groups in total. The van der Waals surface area contributed by atoms with Crippen molar-refractivity contribution in [2.75, 3.05) is 6.61 Å². The van der Waals surface area contributed by atoms with Crippen molar-refractivity contribution in [2.45, 2.75) is 51.7 Å². The van der Waals surface area contributed by atoms with Crippen molar-refractivity contribution in [3.05, 3.63) is 20.2 Å². The molecule has 0 saturated carbocycles. The molecule has 0 radical (unpaired) electrons. The van der Waals surface area contributed by atoms with Crippen molar-refractivity contribution in [3.8, 4) is 0 Å².